The van der Waals surface area contributed by atoms with Gasteiger partial charge in [-0.25, -0.2) is 4.79 Å². The molecule has 16 heavy (non-hydrogen) atoms. The molecule has 0 amide bonds. The number of hydrogen-bond donors (Lipinski definition) is 4. The van der Waals surface area contributed by atoms with E-state index < -0.39 is 17.9 Å². The maximum Gasteiger partial charge on any atom is 0.333 e. The zero-order chi connectivity index (χ0) is 12.8. The van der Waals surface area contributed by atoms with Crippen molar-refractivity contribution in [3.05, 3.63) is 12.2 Å². The van der Waals surface area contributed by atoms with E-state index in [1.165, 1.54) is 0 Å². The number of carbonyl (C=O) groups excluding carboxylic acids is 1. The van der Waals surface area contributed by atoms with Crippen LogP contribution < -0.4 is 16.0 Å². The number of esters is 1. The van der Waals surface area contributed by atoms with Crippen LogP contribution in [0.1, 0.15) is 6.92 Å². The van der Waals surface area contributed by atoms with Gasteiger partial charge in [-0.05, 0) is 28.1 Å². The zero-order valence-corrected chi connectivity index (χ0v) is 10.3. The van der Waals surface area contributed by atoms with Crippen LogP contribution in [-0.4, -0.2) is 50.7 Å². The molecule has 0 rings (SSSR count). The highest BCUT2D eigenvalue weighted by molar-refractivity contribution is 5.86. The van der Waals surface area contributed by atoms with E-state index in [4.69, 9.17) is 4.74 Å². The van der Waals surface area contributed by atoms with E-state index in [1.54, 1.807) is 28.1 Å². The summed E-state index contributed by atoms with van der Waals surface area (Å²) in [6.45, 7) is 4.87. The van der Waals surface area contributed by atoms with Crippen molar-refractivity contribution < 1.29 is 14.6 Å². The number of aliphatic hydroxyl groups excluding tert-OH is 1. The molecule has 94 valence electrons. The van der Waals surface area contributed by atoms with Crippen molar-refractivity contribution >= 4 is 5.97 Å². The fourth-order valence-corrected chi connectivity index (χ4v) is 1.28. The third-order valence-corrected chi connectivity index (χ3v) is 2.40. The van der Waals surface area contributed by atoms with Crippen molar-refractivity contribution in [1.29, 1.82) is 0 Å². The lowest BCUT2D eigenvalue weighted by Crippen LogP contribution is -2.71. The topological polar surface area (TPSA) is 82.6 Å². The van der Waals surface area contributed by atoms with Crippen molar-refractivity contribution in [1.82, 2.24) is 16.0 Å². The van der Waals surface area contributed by atoms with Gasteiger partial charge in [0.25, 0.3) is 0 Å². The quantitative estimate of drug-likeness (QED) is 0.250. The minimum absolute atomic E-state index is 0.131. The number of carbonyl (C=O) groups is 1. The average Bonchev–Trinajstić information content (AvgIpc) is 2.28. The van der Waals surface area contributed by atoms with Gasteiger partial charge in [-0.3, -0.25) is 16.0 Å². The Morgan fingerprint density at radius 1 is 1.38 bits per heavy atom. The van der Waals surface area contributed by atoms with E-state index in [0.717, 1.165) is 0 Å². The Morgan fingerprint density at radius 3 is 2.12 bits per heavy atom. The van der Waals surface area contributed by atoms with Crippen LogP contribution >= 0.6 is 0 Å². The first-order valence-corrected chi connectivity index (χ1v) is 5.01. The SMILES string of the molecule is C=C(C)C(=O)OCC(O)C(NC)(NC)NC. The van der Waals surface area contributed by atoms with Crippen LogP contribution in [0.25, 0.3) is 0 Å². The summed E-state index contributed by atoms with van der Waals surface area (Å²) in [4.78, 5) is 11.1. The van der Waals surface area contributed by atoms with E-state index in [9.17, 15) is 9.90 Å². The Morgan fingerprint density at radius 2 is 1.81 bits per heavy atom. The van der Waals surface area contributed by atoms with Gasteiger partial charge in [0, 0.05) is 5.57 Å². The first kappa shape index (κ1) is 15.0. The second-order valence-electron chi connectivity index (χ2n) is 3.45. The summed E-state index contributed by atoms with van der Waals surface area (Å²) in [5.41, 5.74) is 0.302. The summed E-state index contributed by atoms with van der Waals surface area (Å²) >= 11 is 0. The molecule has 0 saturated heterocycles. The second-order valence-corrected chi connectivity index (χ2v) is 3.45. The number of rotatable bonds is 7. The fraction of sp³-hybridized carbons (Fsp3) is 0.700. The highest BCUT2D eigenvalue weighted by Crippen LogP contribution is 2.03. The van der Waals surface area contributed by atoms with Gasteiger partial charge < -0.3 is 9.84 Å². The number of nitrogens with one attached hydrogen (secondary N) is 3. The molecule has 0 fully saturated rings. The predicted octanol–water partition coefficient (Wildman–Crippen LogP) is -1.22. The van der Waals surface area contributed by atoms with Gasteiger partial charge in [-0.1, -0.05) is 6.58 Å². The number of aliphatic hydroxyl groups is 1. The van der Waals surface area contributed by atoms with Crippen LogP contribution in [0.3, 0.4) is 0 Å². The Kier molecular flexibility index (Phi) is 6.20. The minimum Gasteiger partial charge on any atom is -0.459 e. The lowest BCUT2D eigenvalue weighted by Gasteiger charge is -2.36. The molecule has 4 N–H and O–H groups in total. The monoisotopic (exact) mass is 231 g/mol. The van der Waals surface area contributed by atoms with Crippen LogP contribution in [0.15, 0.2) is 12.2 Å². The van der Waals surface area contributed by atoms with Gasteiger partial charge in [0.1, 0.15) is 12.7 Å². The summed E-state index contributed by atoms with van der Waals surface area (Å²) in [7, 11) is 5.03. The molecule has 0 aromatic carbocycles. The average molecular weight is 231 g/mol. The molecule has 0 radical (unpaired) electrons. The van der Waals surface area contributed by atoms with Gasteiger partial charge in [-0.2, -0.15) is 0 Å². The van der Waals surface area contributed by atoms with Gasteiger partial charge in [0.2, 0.25) is 0 Å². The highest BCUT2D eigenvalue weighted by atomic mass is 16.5. The van der Waals surface area contributed by atoms with Crippen LogP contribution in [0, 0.1) is 0 Å². The Balaban J connectivity index is 4.37. The third-order valence-electron chi connectivity index (χ3n) is 2.40. The predicted molar refractivity (Wildman–Crippen MR) is 61.7 cm³/mol. The first-order chi connectivity index (χ1) is 7.43. The van der Waals surface area contributed by atoms with E-state index in [0.29, 0.717) is 5.57 Å². The van der Waals surface area contributed by atoms with Crippen molar-refractivity contribution in [2.75, 3.05) is 27.7 Å². The third kappa shape index (κ3) is 3.57. The molecule has 0 heterocycles. The van der Waals surface area contributed by atoms with E-state index in [1.807, 2.05) is 0 Å². The molecule has 0 aliphatic rings. The van der Waals surface area contributed by atoms with Crippen molar-refractivity contribution in [3.63, 3.8) is 0 Å². The fourth-order valence-electron chi connectivity index (χ4n) is 1.28. The van der Waals surface area contributed by atoms with Gasteiger partial charge >= 0.3 is 5.97 Å². The van der Waals surface area contributed by atoms with Crippen molar-refractivity contribution in [2.24, 2.45) is 0 Å². The highest BCUT2D eigenvalue weighted by Gasteiger charge is 2.34. The molecule has 1 atom stereocenters. The maximum atomic E-state index is 11.1. The van der Waals surface area contributed by atoms with Crippen LogP contribution in [0.4, 0.5) is 0 Å². The molecule has 0 aliphatic carbocycles. The molecule has 0 bridgehead atoms. The van der Waals surface area contributed by atoms with E-state index in [2.05, 4.69) is 22.5 Å². The van der Waals surface area contributed by atoms with Crippen molar-refractivity contribution in [3.8, 4) is 0 Å². The Labute approximate surface area is 96.1 Å². The molecule has 0 aromatic heterocycles. The molecular weight excluding hydrogens is 210 g/mol. The van der Waals surface area contributed by atoms with Crippen molar-refractivity contribution in [2.45, 2.75) is 18.8 Å². The van der Waals surface area contributed by atoms with Gasteiger partial charge in [0.15, 0.2) is 5.79 Å². The van der Waals surface area contributed by atoms with Crippen LogP contribution in [-0.2, 0) is 9.53 Å². The summed E-state index contributed by atoms with van der Waals surface area (Å²) in [6, 6.07) is 0. The second kappa shape index (κ2) is 6.59. The lowest BCUT2D eigenvalue weighted by molar-refractivity contribution is -0.144. The summed E-state index contributed by atoms with van der Waals surface area (Å²) in [6.07, 6.45) is -0.934. The normalized spacial score (nSPS) is 13.3. The lowest BCUT2D eigenvalue weighted by atomic mass is 10.2. The number of likely N-dealkylation sites (N-methyl/N-ethyl adjacent to an activating group) is 3. The van der Waals surface area contributed by atoms with Crippen LogP contribution in [0.2, 0.25) is 0 Å². The summed E-state index contributed by atoms with van der Waals surface area (Å²) < 4.78 is 4.87. The first-order valence-electron chi connectivity index (χ1n) is 5.01. The molecule has 0 saturated carbocycles. The molecule has 1 unspecified atom stereocenters. The Bertz CT molecular complexity index is 243. The smallest absolute Gasteiger partial charge is 0.333 e. The molecule has 0 aromatic rings. The van der Waals surface area contributed by atoms with Crippen LogP contribution in [0.5, 0.6) is 0 Å². The van der Waals surface area contributed by atoms with E-state index in [-0.39, 0.29) is 6.61 Å². The van der Waals surface area contributed by atoms with Gasteiger partial charge in [0.05, 0.1) is 0 Å². The van der Waals surface area contributed by atoms with E-state index >= 15 is 0 Å². The molecule has 6 heteroatoms. The standard InChI is InChI=1S/C10H21N3O3/c1-7(2)9(15)16-6-8(14)10(11-3,12-4)13-5/h8,11-14H,1,6H2,2-5H3. The molecular formula is C10H21N3O3. The molecule has 0 spiro atoms. The number of ether oxygens (including phenoxy) is 1. The maximum absolute atomic E-state index is 11.1. The zero-order valence-electron chi connectivity index (χ0n) is 10.3. The molecule has 0 aliphatic heterocycles. The largest absolute Gasteiger partial charge is 0.459 e. The minimum atomic E-state index is -0.934. The molecule has 6 nitrogen and oxygen atoms in total. The number of hydrogen-bond acceptors (Lipinski definition) is 6. The Hall–Kier alpha value is -0.950. The van der Waals surface area contributed by atoms with Gasteiger partial charge in [-0.15, -0.1) is 0 Å². The summed E-state index contributed by atoms with van der Waals surface area (Å²) in [5.74, 6) is -1.41. The summed E-state index contributed by atoms with van der Waals surface area (Å²) in [5, 5.41) is 18.5.